The smallest absolute Gasteiger partial charge is 0.137 e. The van der Waals surface area contributed by atoms with Gasteiger partial charge in [0.2, 0.25) is 0 Å². The molecular weight excluding hydrogens is 200 g/mol. The Morgan fingerprint density at radius 2 is 1.88 bits per heavy atom. The van der Waals surface area contributed by atoms with E-state index >= 15 is 0 Å². The zero-order valence-electron chi connectivity index (χ0n) is 11.7. The van der Waals surface area contributed by atoms with Gasteiger partial charge in [-0.15, -0.1) is 0 Å². The SMILES string of the molecule is CCC(C)CC.CN.CN1CCC[C@H]1C=O. The molecule has 1 heterocycles. The van der Waals surface area contributed by atoms with Gasteiger partial charge in [0.25, 0.3) is 0 Å². The minimum Gasteiger partial charge on any atom is -0.333 e. The van der Waals surface area contributed by atoms with Crippen LogP contribution < -0.4 is 5.73 Å². The number of aldehydes is 1. The van der Waals surface area contributed by atoms with Gasteiger partial charge in [-0.05, 0) is 39.4 Å². The molecule has 0 aromatic rings. The van der Waals surface area contributed by atoms with Crippen LogP contribution in [0, 0.1) is 5.92 Å². The number of likely N-dealkylation sites (N-methyl/N-ethyl adjacent to an activating group) is 1. The Morgan fingerprint density at radius 1 is 1.38 bits per heavy atom. The van der Waals surface area contributed by atoms with Crippen molar-refractivity contribution in [3.8, 4) is 0 Å². The first-order chi connectivity index (χ1) is 7.65. The molecule has 0 spiro atoms. The Morgan fingerprint density at radius 3 is 2.00 bits per heavy atom. The Labute approximate surface area is 101 Å². The number of rotatable bonds is 3. The molecule has 16 heavy (non-hydrogen) atoms. The minimum absolute atomic E-state index is 0.218. The molecular formula is C13H30N2O. The molecule has 0 saturated carbocycles. The van der Waals surface area contributed by atoms with Gasteiger partial charge in [-0.2, -0.15) is 0 Å². The minimum atomic E-state index is 0.218. The van der Waals surface area contributed by atoms with Crippen molar-refractivity contribution in [1.82, 2.24) is 4.90 Å². The second kappa shape index (κ2) is 12.7. The first-order valence-electron chi connectivity index (χ1n) is 6.38. The van der Waals surface area contributed by atoms with Crippen molar-refractivity contribution in [2.24, 2.45) is 11.7 Å². The monoisotopic (exact) mass is 230 g/mol. The molecule has 3 nitrogen and oxygen atoms in total. The van der Waals surface area contributed by atoms with Crippen molar-refractivity contribution in [2.75, 3.05) is 20.6 Å². The van der Waals surface area contributed by atoms with E-state index in [0.29, 0.717) is 0 Å². The maximum atomic E-state index is 10.2. The third-order valence-corrected chi connectivity index (χ3v) is 3.13. The van der Waals surface area contributed by atoms with Crippen molar-refractivity contribution < 1.29 is 4.79 Å². The van der Waals surface area contributed by atoms with E-state index in [1.807, 2.05) is 7.05 Å². The van der Waals surface area contributed by atoms with Crippen molar-refractivity contribution >= 4 is 6.29 Å². The molecule has 0 aromatic carbocycles. The van der Waals surface area contributed by atoms with Crippen molar-refractivity contribution in [1.29, 1.82) is 0 Å². The molecule has 1 aliphatic rings. The van der Waals surface area contributed by atoms with E-state index in [0.717, 1.165) is 25.2 Å². The number of hydrogen-bond donors (Lipinski definition) is 1. The lowest BCUT2D eigenvalue weighted by Gasteiger charge is -2.10. The van der Waals surface area contributed by atoms with Gasteiger partial charge >= 0.3 is 0 Å². The molecule has 1 rings (SSSR count). The lowest BCUT2D eigenvalue weighted by atomic mass is 10.1. The van der Waals surface area contributed by atoms with Gasteiger partial charge in [0, 0.05) is 0 Å². The second-order valence-corrected chi connectivity index (χ2v) is 4.25. The number of carbonyl (C=O) groups excluding carboxylic acids is 1. The molecule has 0 aliphatic carbocycles. The standard InChI is InChI=1S/C6H11NO.C6H14.CH5N/c1-7-4-2-3-6(7)5-8;1-4-6(3)5-2;1-2/h5-6H,2-4H2,1H3;6H,4-5H2,1-3H3;2H2,1H3/t6-;;/m0../s1. The summed E-state index contributed by atoms with van der Waals surface area (Å²) in [7, 11) is 3.49. The lowest BCUT2D eigenvalue weighted by molar-refractivity contribution is -0.111. The maximum absolute atomic E-state index is 10.2. The molecule has 3 heteroatoms. The van der Waals surface area contributed by atoms with Gasteiger partial charge in [0.1, 0.15) is 6.29 Å². The summed E-state index contributed by atoms with van der Waals surface area (Å²) in [6, 6.07) is 0.218. The zero-order chi connectivity index (χ0) is 13.0. The van der Waals surface area contributed by atoms with E-state index in [1.54, 1.807) is 0 Å². The average molecular weight is 230 g/mol. The first-order valence-corrected chi connectivity index (χ1v) is 6.38. The van der Waals surface area contributed by atoms with Crippen LogP contribution in [-0.2, 0) is 4.79 Å². The predicted molar refractivity (Wildman–Crippen MR) is 71.6 cm³/mol. The summed E-state index contributed by atoms with van der Waals surface area (Å²) < 4.78 is 0. The highest BCUT2D eigenvalue weighted by molar-refractivity contribution is 5.57. The van der Waals surface area contributed by atoms with Crippen LogP contribution in [0.15, 0.2) is 0 Å². The van der Waals surface area contributed by atoms with Crippen LogP contribution >= 0.6 is 0 Å². The molecule has 2 N–H and O–H groups in total. The average Bonchev–Trinajstić information content (AvgIpc) is 2.77. The van der Waals surface area contributed by atoms with Crippen molar-refractivity contribution in [3.05, 3.63) is 0 Å². The molecule has 1 fully saturated rings. The third-order valence-electron chi connectivity index (χ3n) is 3.13. The van der Waals surface area contributed by atoms with Crippen LogP contribution in [0.2, 0.25) is 0 Å². The zero-order valence-corrected chi connectivity index (χ0v) is 11.7. The number of carbonyl (C=O) groups is 1. The van der Waals surface area contributed by atoms with Gasteiger partial charge in [-0.25, -0.2) is 0 Å². The molecule has 0 amide bonds. The topological polar surface area (TPSA) is 46.3 Å². The van der Waals surface area contributed by atoms with E-state index < -0.39 is 0 Å². The number of nitrogens with two attached hydrogens (primary N) is 1. The highest BCUT2D eigenvalue weighted by Gasteiger charge is 2.18. The Balaban J connectivity index is 0. The van der Waals surface area contributed by atoms with Gasteiger partial charge in [0.05, 0.1) is 6.04 Å². The quantitative estimate of drug-likeness (QED) is 0.757. The second-order valence-electron chi connectivity index (χ2n) is 4.25. The van der Waals surface area contributed by atoms with Crippen LogP contribution in [0.1, 0.15) is 46.5 Å². The molecule has 1 saturated heterocycles. The summed E-state index contributed by atoms with van der Waals surface area (Å²) in [5.74, 6) is 0.935. The fourth-order valence-corrected chi connectivity index (χ4v) is 1.40. The molecule has 0 radical (unpaired) electrons. The number of hydrogen-bond acceptors (Lipinski definition) is 3. The van der Waals surface area contributed by atoms with E-state index in [9.17, 15) is 4.79 Å². The van der Waals surface area contributed by atoms with Crippen molar-refractivity contribution in [2.45, 2.75) is 52.5 Å². The van der Waals surface area contributed by atoms with E-state index in [1.165, 1.54) is 26.3 Å². The van der Waals surface area contributed by atoms with Gasteiger partial charge in [0.15, 0.2) is 0 Å². The number of nitrogens with zero attached hydrogens (tertiary/aromatic N) is 1. The van der Waals surface area contributed by atoms with Crippen LogP contribution in [0.5, 0.6) is 0 Å². The van der Waals surface area contributed by atoms with E-state index in [-0.39, 0.29) is 6.04 Å². The fourth-order valence-electron chi connectivity index (χ4n) is 1.40. The van der Waals surface area contributed by atoms with Gasteiger partial charge in [-0.1, -0.05) is 33.6 Å². The van der Waals surface area contributed by atoms with E-state index in [4.69, 9.17) is 0 Å². The van der Waals surface area contributed by atoms with Crippen LogP contribution in [-0.4, -0.2) is 37.9 Å². The molecule has 0 aromatic heterocycles. The normalized spacial score (nSPS) is 19.6. The molecule has 98 valence electrons. The van der Waals surface area contributed by atoms with Crippen LogP contribution in [0.25, 0.3) is 0 Å². The Hall–Kier alpha value is -0.410. The predicted octanol–water partition coefficient (Wildman–Crippen LogP) is 2.30. The summed E-state index contributed by atoms with van der Waals surface area (Å²) in [6.07, 6.45) is 5.93. The summed E-state index contributed by atoms with van der Waals surface area (Å²) in [6.45, 7) is 7.83. The largest absolute Gasteiger partial charge is 0.333 e. The first kappa shape index (κ1) is 18.0. The highest BCUT2D eigenvalue weighted by atomic mass is 16.1. The molecule has 1 atom stereocenters. The summed E-state index contributed by atoms with van der Waals surface area (Å²) >= 11 is 0. The Bertz CT molecular complexity index is 147. The molecule has 0 bridgehead atoms. The summed E-state index contributed by atoms with van der Waals surface area (Å²) in [4.78, 5) is 12.3. The van der Waals surface area contributed by atoms with Crippen LogP contribution in [0.4, 0.5) is 0 Å². The third kappa shape index (κ3) is 8.86. The van der Waals surface area contributed by atoms with E-state index in [2.05, 4.69) is 31.4 Å². The van der Waals surface area contributed by atoms with Crippen molar-refractivity contribution in [3.63, 3.8) is 0 Å². The maximum Gasteiger partial charge on any atom is 0.137 e. The fraction of sp³-hybridized carbons (Fsp3) is 0.923. The lowest BCUT2D eigenvalue weighted by Crippen LogP contribution is -2.25. The van der Waals surface area contributed by atoms with Gasteiger partial charge < -0.3 is 10.5 Å². The molecule has 0 unspecified atom stereocenters. The van der Waals surface area contributed by atoms with Crippen LogP contribution in [0.3, 0.4) is 0 Å². The highest BCUT2D eigenvalue weighted by Crippen LogP contribution is 2.11. The Kier molecular flexibility index (Phi) is 14.2. The molecule has 1 aliphatic heterocycles. The number of likely N-dealkylation sites (tertiary alicyclic amines) is 1. The van der Waals surface area contributed by atoms with Gasteiger partial charge in [-0.3, -0.25) is 4.90 Å². The summed E-state index contributed by atoms with van der Waals surface area (Å²) in [5, 5.41) is 0. The summed E-state index contributed by atoms with van der Waals surface area (Å²) in [5.41, 5.74) is 4.50.